The maximum Gasteiger partial charge on any atom is 0.317 e. The third kappa shape index (κ3) is 3.69. The van der Waals surface area contributed by atoms with Gasteiger partial charge in [0.1, 0.15) is 0 Å². The van der Waals surface area contributed by atoms with Crippen LogP contribution in [0.5, 0.6) is 0 Å². The molecule has 1 aromatic rings. The quantitative estimate of drug-likeness (QED) is 0.909. The number of nitrogens with one attached hydrogen (secondary N) is 1. The van der Waals surface area contributed by atoms with Crippen LogP contribution < -0.4 is 5.32 Å². The van der Waals surface area contributed by atoms with Crippen molar-refractivity contribution < 1.29 is 4.79 Å². The molecular formula is C15H23N3O. The monoisotopic (exact) mass is 261 g/mol. The van der Waals surface area contributed by atoms with Crippen LogP contribution in [-0.2, 0) is 13.0 Å². The Morgan fingerprint density at radius 1 is 1.58 bits per heavy atom. The standard InChI is InChI=1S/C15H23N3O/c1-3-13-7-4-8-16-14(13)10-17-15(19)18-9-5-6-12(2)11-18/h4,7-8,12H,3,5-6,9-11H2,1-2H3,(H,17,19). The largest absolute Gasteiger partial charge is 0.332 e. The molecule has 19 heavy (non-hydrogen) atoms. The first-order valence-electron chi connectivity index (χ1n) is 7.16. The van der Waals surface area contributed by atoms with Gasteiger partial charge < -0.3 is 10.2 Å². The zero-order valence-electron chi connectivity index (χ0n) is 11.9. The van der Waals surface area contributed by atoms with Crippen molar-refractivity contribution in [2.45, 2.75) is 39.7 Å². The summed E-state index contributed by atoms with van der Waals surface area (Å²) in [5.41, 5.74) is 2.18. The molecule has 0 aliphatic carbocycles. The first-order valence-corrected chi connectivity index (χ1v) is 7.16. The second-order valence-electron chi connectivity index (χ2n) is 5.31. The first-order chi connectivity index (χ1) is 9.20. The number of rotatable bonds is 3. The average molecular weight is 261 g/mol. The van der Waals surface area contributed by atoms with E-state index < -0.39 is 0 Å². The Kier molecular flexibility index (Phi) is 4.77. The van der Waals surface area contributed by atoms with Crippen LogP contribution in [0.25, 0.3) is 0 Å². The Bertz CT molecular complexity index is 433. The maximum absolute atomic E-state index is 12.1. The molecule has 2 amide bonds. The number of aryl methyl sites for hydroxylation is 1. The molecular weight excluding hydrogens is 238 g/mol. The first kappa shape index (κ1) is 13.8. The van der Waals surface area contributed by atoms with Crippen molar-refractivity contribution in [3.05, 3.63) is 29.6 Å². The number of hydrogen-bond donors (Lipinski definition) is 1. The molecule has 1 fully saturated rings. The number of likely N-dealkylation sites (tertiary alicyclic amines) is 1. The molecule has 0 aromatic carbocycles. The van der Waals surface area contributed by atoms with Gasteiger partial charge in [0, 0.05) is 19.3 Å². The highest BCUT2D eigenvalue weighted by Crippen LogP contribution is 2.15. The fourth-order valence-corrected chi connectivity index (χ4v) is 2.60. The summed E-state index contributed by atoms with van der Waals surface area (Å²) < 4.78 is 0. The number of aromatic nitrogens is 1. The molecule has 1 atom stereocenters. The van der Waals surface area contributed by atoms with E-state index >= 15 is 0 Å². The third-order valence-electron chi connectivity index (χ3n) is 3.72. The number of urea groups is 1. The lowest BCUT2D eigenvalue weighted by atomic mass is 10.0. The molecule has 1 N–H and O–H groups in total. The lowest BCUT2D eigenvalue weighted by molar-refractivity contribution is 0.169. The molecule has 0 radical (unpaired) electrons. The van der Waals surface area contributed by atoms with E-state index in [1.807, 2.05) is 11.0 Å². The van der Waals surface area contributed by atoms with E-state index in [1.165, 1.54) is 12.0 Å². The van der Waals surface area contributed by atoms with Crippen molar-refractivity contribution >= 4 is 6.03 Å². The Balaban J connectivity index is 1.89. The van der Waals surface area contributed by atoms with Crippen LogP contribution in [0.2, 0.25) is 0 Å². The molecule has 1 aliphatic rings. The number of amides is 2. The lowest BCUT2D eigenvalue weighted by Gasteiger charge is -2.31. The zero-order chi connectivity index (χ0) is 13.7. The van der Waals surface area contributed by atoms with Crippen molar-refractivity contribution in [3.8, 4) is 0 Å². The van der Waals surface area contributed by atoms with E-state index in [9.17, 15) is 4.79 Å². The molecule has 4 nitrogen and oxygen atoms in total. The van der Waals surface area contributed by atoms with E-state index in [2.05, 4.69) is 30.2 Å². The number of carbonyl (C=O) groups excluding carboxylic acids is 1. The van der Waals surface area contributed by atoms with Gasteiger partial charge in [-0.2, -0.15) is 0 Å². The van der Waals surface area contributed by atoms with Gasteiger partial charge >= 0.3 is 6.03 Å². The van der Waals surface area contributed by atoms with E-state index in [-0.39, 0.29) is 6.03 Å². The summed E-state index contributed by atoms with van der Waals surface area (Å²) in [6, 6.07) is 4.05. The van der Waals surface area contributed by atoms with Gasteiger partial charge in [0.25, 0.3) is 0 Å². The number of pyridine rings is 1. The van der Waals surface area contributed by atoms with E-state index in [1.54, 1.807) is 6.20 Å². The van der Waals surface area contributed by atoms with Gasteiger partial charge in [0.2, 0.25) is 0 Å². The number of piperidine rings is 1. The van der Waals surface area contributed by atoms with Crippen LogP contribution in [0, 0.1) is 5.92 Å². The van der Waals surface area contributed by atoms with Gasteiger partial charge in [-0.25, -0.2) is 4.79 Å². The van der Waals surface area contributed by atoms with Crippen molar-refractivity contribution in [1.29, 1.82) is 0 Å². The second kappa shape index (κ2) is 6.55. The van der Waals surface area contributed by atoms with Gasteiger partial charge in [0.05, 0.1) is 12.2 Å². The van der Waals surface area contributed by atoms with Crippen LogP contribution >= 0.6 is 0 Å². The average Bonchev–Trinajstić information content (AvgIpc) is 2.45. The highest BCUT2D eigenvalue weighted by atomic mass is 16.2. The zero-order valence-corrected chi connectivity index (χ0v) is 11.9. The molecule has 0 spiro atoms. The van der Waals surface area contributed by atoms with Gasteiger partial charge in [-0.3, -0.25) is 4.98 Å². The molecule has 1 saturated heterocycles. The third-order valence-corrected chi connectivity index (χ3v) is 3.72. The van der Waals surface area contributed by atoms with Gasteiger partial charge in [-0.1, -0.05) is 19.9 Å². The molecule has 2 rings (SSSR count). The topological polar surface area (TPSA) is 45.2 Å². The molecule has 104 valence electrons. The van der Waals surface area contributed by atoms with Crippen LogP contribution in [-0.4, -0.2) is 29.0 Å². The van der Waals surface area contributed by atoms with E-state index in [0.717, 1.165) is 31.6 Å². The summed E-state index contributed by atoms with van der Waals surface area (Å²) in [5, 5.41) is 2.99. The smallest absolute Gasteiger partial charge is 0.317 e. The second-order valence-corrected chi connectivity index (χ2v) is 5.31. The normalized spacial score (nSPS) is 19.3. The fourth-order valence-electron chi connectivity index (χ4n) is 2.60. The molecule has 1 aliphatic heterocycles. The number of hydrogen-bond acceptors (Lipinski definition) is 2. The summed E-state index contributed by atoms with van der Waals surface area (Å²) in [6.45, 7) is 6.57. The molecule has 2 heterocycles. The lowest BCUT2D eigenvalue weighted by Crippen LogP contribution is -2.44. The van der Waals surface area contributed by atoms with Crippen LogP contribution in [0.1, 0.15) is 37.9 Å². The Morgan fingerprint density at radius 2 is 2.42 bits per heavy atom. The summed E-state index contributed by atoms with van der Waals surface area (Å²) in [4.78, 5) is 18.4. The predicted octanol–water partition coefficient (Wildman–Crippen LogP) is 2.59. The van der Waals surface area contributed by atoms with Gasteiger partial charge in [0.15, 0.2) is 0 Å². The molecule has 1 unspecified atom stereocenters. The van der Waals surface area contributed by atoms with Crippen molar-refractivity contribution in [1.82, 2.24) is 15.2 Å². The number of nitrogens with zero attached hydrogens (tertiary/aromatic N) is 2. The van der Waals surface area contributed by atoms with Crippen LogP contribution in [0.4, 0.5) is 4.79 Å². The molecule has 4 heteroatoms. The fraction of sp³-hybridized carbons (Fsp3) is 0.600. The number of carbonyl (C=O) groups is 1. The van der Waals surface area contributed by atoms with Crippen LogP contribution in [0.3, 0.4) is 0 Å². The van der Waals surface area contributed by atoms with Gasteiger partial charge in [-0.15, -0.1) is 0 Å². The molecule has 1 aromatic heterocycles. The van der Waals surface area contributed by atoms with E-state index in [0.29, 0.717) is 12.5 Å². The van der Waals surface area contributed by atoms with Crippen LogP contribution in [0.15, 0.2) is 18.3 Å². The van der Waals surface area contributed by atoms with Crippen molar-refractivity contribution in [2.75, 3.05) is 13.1 Å². The van der Waals surface area contributed by atoms with Crippen molar-refractivity contribution in [2.24, 2.45) is 5.92 Å². The minimum Gasteiger partial charge on any atom is -0.332 e. The Labute approximate surface area is 115 Å². The highest BCUT2D eigenvalue weighted by Gasteiger charge is 2.20. The van der Waals surface area contributed by atoms with E-state index in [4.69, 9.17) is 0 Å². The highest BCUT2D eigenvalue weighted by molar-refractivity contribution is 5.74. The minimum absolute atomic E-state index is 0.0410. The van der Waals surface area contributed by atoms with Gasteiger partial charge in [-0.05, 0) is 36.8 Å². The summed E-state index contributed by atoms with van der Waals surface area (Å²) in [5.74, 6) is 0.612. The predicted molar refractivity (Wildman–Crippen MR) is 75.8 cm³/mol. The summed E-state index contributed by atoms with van der Waals surface area (Å²) >= 11 is 0. The minimum atomic E-state index is 0.0410. The SMILES string of the molecule is CCc1cccnc1CNC(=O)N1CCCC(C)C1. The summed E-state index contributed by atoms with van der Waals surface area (Å²) in [6.07, 6.45) is 5.06. The molecule has 0 bridgehead atoms. The maximum atomic E-state index is 12.1. The summed E-state index contributed by atoms with van der Waals surface area (Å²) in [7, 11) is 0. The Morgan fingerprint density at radius 3 is 3.16 bits per heavy atom. The van der Waals surface area contributed by atoms with Crippen molar-refractivity contribution in [3.63, 3.8) is 0 Å². The Hall–Kier alpha value is -1.58. The molecule has 0 saturated carbocycles.